The number of hydrogen-bond donors (Lipinski definition) is 2. The standard InChI is InChI=1S/C56H103NO10P2/c1-6-8-10-12-14-16-18-20-22-24-26-28-30-32-34-36-40-55(41-37-35-33-31-29-27-25-23-21-19-17-15-13-11-9-7-2)42-44-56(45-43-55)66-53-49-51(39-38-47-64-68(58,59)62-4)52(50-54(53)67-56)57(3)46-48-65-69(60,61)63-5/h14-17,20-23,51-54H,6-13,18-19,24-50H2,1-5H3,(H,58,59)(H,60,61)/b16-14-,17-15-,22-20-,23-21-/t51-,52+,53+,54-/m0/s1. The first kappa shape index (κ1) is 62.4. The Morgan fingerprint density at radius 2 is 0.971 bits per heavy atom. The number of phosphoric ester groups is 2. The number of rotatable bonds is 42. The van der Waals surface area contributed by atoms with E-state index in [0.29, 0.717) is 18.4 Å². The fourth-order valence-corrected chi connectivity index (χ4v) is 11.8. The van der Waals surface area contributed by atoms with E-state index in [1.54, 1.807) is 0 Å². The van der Waals surface area contributed by atoms with E-state index in [-0.39, 0.29) is 37.4 Å². The Labute approximate surface area is 422 Å². The molecule has 3 fully saturated rings. The average molecular weight is 1010 g/mol. The van der Waals surface area contributed by atoms with Gasteiger partial charge in [-0.3, -0.25) is 18.1 Å². The van der Waals surface area contributed by atoms with Crippen LogP contribution in [-0.4, -0.2) is 79.7 Å². The molecule has 2 saturated carbocycles. The molecule has 13 heteroatoms. The van der Waals surface area contributed by atoms with E-state index in [1.807, 2.05) is 7.05 Å². The van der Waals surface area contributed by atoms with E-state index < -0.39 is 21.4 Å². The van der Waals surface area contributed by atoms with Crippen LogP contribution < -0.4 is 0 Å². The first-order valence-electron chi connectivity index (χ1n) is 28.1. The Hall–Kier alpha value is -0.940. The van der Waals surface area contributed by atoms with Gasteiger partial charge in [-0.1, -0.05) is 152 Å². The normalized spacial score (nSPS) is 23.3. The number of likely N-dealkylation sites (N-methyl/N-ethyl adjacent to an activating group) is 1. The predicted octanol–water partition coefficient (Wildman–Crippen LogP) is 16.5. The molecule has 3 aliphatic rings. The van der Waals surface area contributed by atoms with Gasteiger partial charge in [0.2, 0.25) is 0 Å². The summed E-state index contributed by atoms with van der Waals surface area (Å²) in [6.07, 6.45) is 59.1. The van der Waals surface area contributed by atoms with Crippen molar-refractivity contribution in [3.8, 4) is 0 Å². The molecule has 2 aliphatic carbocycles. The second-order valence-corrected chi connectivity index (χ2v) is 23.9. The average Bonchev–Trinajstić information content (AvgIpc) is 3.69. The molecule has 1 aliphatic heterocycles. The molecule has 402 valence electrons. The quantitative estimate of drug-likeness (QED) is 0.0344. The van der Waals surface area contributed by atoms with Gasteiger partial charge in [-0.15, -0.1) is 0 Å². The fraction of sp³-hybridized carbons (Fsp3) is 0.857. The van der Waals surface area contributed by atoms with Crippen LogP contribution in [0.5, 0.6) is 0 Å². The van der Waals surface area contributed by atoms with Crippen LogP contribution in [0.15, 0.2) is 48.6 Å². The maximum atomic E-state index is 12.0. The molecule has 2 unspecified atom stereocenters. The Morgan fingerprint density at radius 1 is 0.551 bits per heavy atom. The molecule has 0 amide bonds. The third kappa shape index (κ3) is 27.3. The van der Waals surface area contributed by atoms with Gasteiger partial charge in [0.05, 0.1) is 25.4 Å². The zero-order valence-corrected chi connectivity index (χ0v) is 46.4. The van der Waals surface area contributed by atoms with Crippen LogP contribution in [0.1, 0.15) is 232 Å². The van der Waals surface area contributed by atoms with Crippen molar-refractivity contribution < 1.29 is 46.5 Å². The third-order valence-electron chi connectivity index (χ3n) is 15.3. The molecule has 3 rings (SSSR count). The molecule has 0 aromatic rings. The summed E-state index contributed by atoms with van der Waals surface area (Å²) in [6.45, 7) is 5.12. The van der Waals surface area contributed by atoms with Crippen molar-refractivity contribution >= 4 is 15.6 Å². The largest absolute Gasteiger partial charge is 0.471 e. The van der Waals surface area contributed by atoms with Gasteiger partial charge in [0.1, 0.15) is 0 Å². The second kappa shape index (κ2) is 36.9. The summed E-state index contributed by atoms with van der Waals surface area (Å²) in [6, 6.07) is 0.104. The van der Waals surface area contributed by atoms with Gasteiger partial charge in [0, 0.05) is 39.6 Å². The lowest BCUT2D eigenvalue weighted by atomic mass is 9.66. The van der Waals surface area contributed by atoms with Crippen LogP contribution in [0.2, 0.25) is 0 Å². The van der Waals surface area contributed by atoms with Gasteiger partial charge < -0.3 is 24.2 Å². The summed E-state index contributed by atoms with van der Waals surface area (Å²) >= 11 is 0. The number of nitrogens with zero attached hydrogens (tertiary/aromatic N) is 1. The van der Waals surface area contributed by atoms with Crippen molar-refractivity contribution in [2.24, 2.45) is 11.3 Å². The summed E-state index contributed by atoms with van der Waals surface area (Å²) in [5, 5.41) is 0. The zero-order chi connectivity index (χ0) is 49.9. The van der Waals surface area contributed by atoms with Crippen LogP contribution in [0, 0.1) is 11.3 Å². The summed E-state index contributed by atoms with van der Waals surface area (Å²) in [5.74, 6) is -0.343. The molecule has 11 nitrogen and oxygen atoms in total. The molecule has 0 aromatic carbocycles. The number of hydrogen-bond acceptors (Lipinski definition) is 9. The maximum absolute atomic E-state index is 12.0. The minimum atomic E-state index is -4.08. The Kier molecular flexibility index (Phi) is 33.3. The van der Waals surface area contributed by atoms with E-state index >= 15 is 0 Å². The van der Waals surface area contributed by atoms with E-state index in [1.165, 1.54) is 161 Å². The minimum Gasteiger partial charge on any atom is -0.344 e. The smallest absolute Gasteiger partial charge is 0.344 e. The summed E-state index contributed by atoms with van der Waals surface area (Å²) in [5.41, 5.74) is 0.351. The first-order chi connectivity index (χ1) is 33.4. The van der Waals surface area contributed by atoms with Gasteiger partial charge in [0.25, 0.3) is 0 Å². The van der Waals surface area contributed by atoms with Crippen molar-refractivity contribution in [2.75, 3.05) is 41.0 Å². The number of ether oxygens (including phenoxy) is 2. The van der Waals surface area contributed by atoms with Crippen LogP contribution >= 0.6 is 15.6 Å². The molecule has 0 radical (unpaired) electrons. The van der Waals surface area contributed by atoms with Crippen molar-refractivity contribution in [1.29, 1.82) is 0 Å². The van der Waals surface area contributed by atoms with Crippen molar-refractivity contribution in [1.82, 2.24) is 4.90 Å². The number of phosphoric acid groups is 2. The highest BCUT2D eigenvalue weighted by molar-refractivity contribution is 7.47. The van der Waals surface area contributed by atoms with Crippen LogP contribution in [0.4, 0.5) is 0 Å². The highest BCUT2D eigenvalue weighted by atomic mass is 31.2. The van der Waals surface area contributed by atoms with Crippen molar-refractivity contribution in [3.63, 3.8) is 0 Å². The SMILES string of the molecule is CCCCC/C=C\C/C=C\CCCCCCCCC1(CCCCCCCC/C=C\C/C=C\CCCCC)CCC2(CC1)O[C@H]1C[C@@H](N(C)CCOP(=O)(O)OC)[C@@H](CCCOP(=O)(O)OC)C[C@H]1O2. The molecule has 1 spiro atoms. The zero-order valence-electron chi connectivity index (χ0n) is 44.6. The summed E-state index contributed by atoms with van der Waals surface area (Å²) in [4.78, 5) is 21.8. The lowest BCUT2D eigenvalue weighted by molar-refractivity contribution is -0.208. The Morgan fingerprint density at radius 3 is 1.43 bits per heavy atom. The second-order valence-electron chi connectivity index (χ2n) is 20.8. The first-order valence-corrected chi connectivity index (χ1v) is 31.1. The third-order valence-corrected chi connectivity index (χ3v) is 17.2. The highest BCUT2D eigenvalue weighted by Crippen LogP contribution is 2.54. The van der Waals surface area contributed by atoms with E-state index in [9.17, 15) is 18.9 Å². The number of fused-ring (bicyclic) bond motifs is 1. The topological polar surface area (TPSA) is 133 Å². The molecule has 6 atom stereocenters. The van der Waals surface area contributed by atoms with Gasteiger partial charge >= 0.3 is 15.6 Å². The van der Waals surface area contributed by atoms with E-state index in [2.05, 4.69) is 76.4 Å². The van der Waals surface area contributed by atoms with Crippen LogP contribution in [0.3, 0.4) is 0 Å². The summed E-state index contributed by atoms with van der Waals surface area (Å²) in [7, 11) is -3.78. The molecular formula is C56H103NO10P2. The van der Waals surface area contributed by atoms with Gasteiger partial charge in [-0.2, -0.15) is 0 Å². The number of unbranched alkanes of at least 4 members (excludes halogenated alkanes) is 18. The predicted molar refractivity (Wildman–Crippen MR) is 285 cm³/mol. The highest BCUT2D eigenvalue weighted by Gasteiger charge is 2.55. The van der Waals surface area contributed by atoms with Gasteiger partial charge in [-0.05, 0) is 134 Å². The molecule has 1 heterocycles. The fourth-order valence-electron chi connectivity index (χ4n) is 11.0. The van der Waals surface area contributed by atoms with Gasteiger partial charge in [0.15, 0.2) is 5.79 Å². The van der Waals surface area contributed by atoms with E-state index in [4.69, 9.17) is 18.5 Å². The molecular weight excluding hydrogens is 909 g/mol. The van der Waals surface area contributed by atoms with Gasteiger partial charge in [-0.25, -0.2) is 9.13 Å². The Balaban J connectivity index is 1.51. The lowest BCUT2D eigenvalue weighted by Gasteiger charge is -2.44. The van der Waals surface area contributed by atoms with Crippen LogP contribution in [-0.2, 0) is 36.7 Å². The number of allylic oxidation sites excluding steroid dienone is 8. The minimum absolute atomic E-state index is 0.0151. The molecule has 69 heavy (non-hydrogen) atoms. The van der Waals surface area contributed by atoms with Crippen molar-refractivity contribution in [2.45, 2.75) is 256 Å². The lowest BCUT2D eigenvalue weighted by Crippen LogP contribution is -2.49. The molecule has 2 N–H and O–H groups in total. The summed E-state index contributed by atoms with van der Waals surface area (Å²) < 4.78 is 57.6. The van der Waals surface area contributed by atoms with Crippen molar-refractivity contribution in [3.05, 3.63) is 48.6 Å². The maximum Gasteiger partial charge on any atom is 0.471 e. The molecule has 0 bridgehead atoms. The van der Waals surface area contributed by atoms with Crippen LogP contribution in [0.25, 0.3) is 0 Å². The van der Waals surface area contributed by atoms with E-state index in [0.717, 1.165) is 64.9 Å². The molecule has 0 aromatic heterocycles. The molecule has 1 saturated heterocycles. The Bertz CT molecular complexity index is 1460. The monoisotopic (exact) mass is 1010 g/mol.